The van der Waals surface area contributed by atoms with Crippen molar-refractivity contribution in [1.82, 2.24) is 0 Å². The predicted molar refractivity (Wildman–Crippen MR) is 55.1 cm³/mol. The highest BCUT2D eigenvalue weighted by molar-refractivity contribution is 5.00. The average molecular weight is 166 g/mol. The van der Waals surface area contributed by atoms with Crippen LogP contribution in [0.2, 0.25) is 0 Å². The Balaban J connectivity index is 2.62. The summed E-state index contributed by atoms with van der Waals surface area (Å²) in [5.74, 6) is 1.61. The molecule has 1 aliphatic rings. The van der Waals surface area contributed by atoms with Gasteiger partial charge in [-0.05, 0) is 36.5 Å². The number of hydrogen-bond donors (Lipinski definition) is 0. The van der Waals surface area contributed by atoms with Crippen LogP contribution in [0.15, 0.2) is 12.2 Å². The van der Waals surface area contributed by atoms with Gasteiger partial charge >= 0.3 is 0 Å². The van der Waals surface area contributed by atoms with Gasteiger partial charge in [0.1, 0.15) is 0 Å². The van der Waals surface area contributed by atoms with E-state index in [1.807, 2.05) is 0 Å². The maximum Gasteiger partial charge on any atom is -0.0208 e. The van der Waals surface area contributed by atoms with Crippen molar-refractivity contribution in [2.45, 2.75) is 47.0 Å². The number of allylic oxidation sites excluding steroid dienone is 2. The molecule has 0 radical (unpaired) electrons. The molecule has 2 unspecified atom stereocenters. The van der Waals surface area contributed by atoms with Gasteiger partial charge in [-0.3, -0.25) is 0 Å². The summed E-state index contributed by atoms with van der Waals surface area (Å²) in [5, 5.41) is 0. The molecule has 0 amide bonds. The molecule has 0 saturated heterocycles. The van der Waals surface area contributed by atoms with E-state index in [4.69, 9.17) is 0 Å². The summed E-state index contributed by atoms with van der Waals surface area (Å²) < 4.78 is 0. The van der Waals surface area contributed by atoms with Crippen molar-refractivity contribution in [3.63, 3.8) is 0 Å². The highest BCUT2D eigenvalue weighted by Gasteiger charge is 2.31. The first-order chi connectivity index (χ1) is 5.54. The second kappa shape index (κ2) is 3.64. The maximum atomic E-state index is 2.45. The van der Waals surface area contributed by atoms with Crippen molar-refractivity contribution in [3.8, 4) is 0 Å². The van der Waals surface area contributed by atoms with Crippen LogP contribution in [0.1, 0.15) is 47.0 Å². The van der Waals surface area contributed by atoms with Gasteiger partial charge in [-0.25, -0.2) is 0 Å². The molecule has 0 bridgehead atoms. The van der Waals surface area contributed by atoms with Crippen molar-refractivity contribution in [2.75, 3.05) is 0 Å². The molecule has 0 heterocycles. The first-order valence-electron chi connectivity index (χ1n) is 5.21. The zero-order valence-corrected chi connectivity index (χ0v) is 8.93. The number of hydrogen-bond acceptors (Lipinski definition) is 0. The monoisotopic (exact) mass is 166 g/mol. The molecule has 0 saturated carbocycles. The van der Waals surface area contributed by atoms with E-state index in [0.717, 1.165) is 11.8 Å². The molecule has 2 atom stereocenters. The fourth-order valence-corrected chi connectivity index (χ4v) is 2.39. The van der Waals surface area contributed by atoms with Crippen LogP contribution in [-0.4, -0.2) is 0 Å². The molecule has 12 heavy (non-hydrogen) atoms. The van der Waals surface area contributed by atoms with E-state index in [2.05, 4.69) is 39.8 Å². The molecule has 0 aliphatic heterocycles. The molecule has 0 aromatic carbocycles. The van der Waals surface area contributed by atoms with E-state index < -0.39 is 0 Å². The van der Waals surface area contributed by atoms with Crippen LogP contribution in [0.4, 0.5) is 0 Å². The molecule has 0 aromatic heterocycles. The summed E-state index contributed by atoms with van der Waals surface area (Å²) in [6, 6.07) is 0. The fourth-order valence-electron chi connectivity index (χ4n) is 2.39. The molecule has 0 nitrogen and oxygen atoms in total. The summed E-state index contributed by atoms with van der Waals surface area (Å²) in [6.45, 7) is 9.46. The zero-order chi connectivity index (χ0) is 9.19. The Morgan fingerprint density at radius 2 is 2.17 bits per heavy atom. The lowest BCUT2D eigenvalue weighted by molar-refractivity contribution is 0.168. The van der Waals surface area contributed by atoms with E-state index in [-0.39, 0.29) is 0 Å². The van der Waals surface area contributed by atoms with Gasteiger partial charge in [0.2, 0.25) is 0 Å². The Kier molecular flexibility index (Phi) is 2.98. The second-order valence-corrected chi connectivity index (χ2v) is 5.01. The third-order valence-electron chi connectivity index (χ3n) is 3.28. The highest BCUT2D eigenvalue weighted by atomic mass is 14.4. The van der Waals surface area contributed by atoms with E-state index in [1.165, 1.54) is 19.3 Å². The number of rotatable bonds is 2. The molecule has 0 fully saturated rings. The van der Waals surface area contributed by atoms with Gasteiger partial charge < -0.3 is 0 Å². The molecule has 0 heteroatoms. The summed E-state index contributed by atoms with van der Waals surface area (Å²) in [5.41, 5.74) is 0.572. The zero-order valence-electron chi connectivity index (χ0n) is 8.93. The molecule has 70 valence electrons. The van der Waals surface area contributed by atoms with Crippen molar-refractivity contribution < 1.29 is 0 Å². The smallest absolute Gasteiger partial charge is 0.0208 e. The van der Waals surface area contributed by atoms with Crippen LogP contribution in [0.5, 0.6) is 0 Å². The van der Waals surface area contributed by atoms with E-state index in [9.17, 15) is 0 Å². The van der Waals surface area contributed by atoms with Crippen LogP contribution in [0, 0.1) is 17.3 Å². The molecule has 0 spiro atoms. The topological polar surface area (TPSA) is 0 Å². The van der Waals surface area contributed by atoms with Gasteiger partial charge in [-0.15, -0.1) is 0 Å². The van der Waals surface area contributed by atoms with Crippen molar-refractivity contribution in [3.05, 3.63) is 12.2 Å². The van der Waals surface area contributed by atoms with Crippen molar-refractivity contribution >= 4 is 0 Å². The lowest BCUT2D eigenvalue weighted by Crippen LogP contribution is -2.28. The van der Waals surface area contributed by atoms with E-state index >= 15 is 0 Å². The summed E-state index contributed by atoms with van der Waals surface area (Å²) in [6.07, 6.45) is 8.77. The normalized spacial score (nSPS) is 35.9. The van der Waals surface area contributed by atoms with Crippen LogP contribution >= 0.6 is 0 Å². The average Bonchev–Trinajstić information content (AvgIpc) is 1.94. The van der Waals surface area contributed by atoms with Gasteiger partial charge in [0.05, 0.1) is 0 Å². The van der Waals surface area contributed by atoms with Gasteiger partial charge in [-0.2, -0.15) is 0 Å². The van der Waals surface area contributed by atoms with Gasteiger partial charge in [0.15, 0.2) is 0 Å². The molecular weight excluding hydrogens is 144 g/mol. The SMILES string of the molecule is CC(C)CC1(C)CCC=CC1C. The second-order valence-electron chi connectivity index (χ2n) is 5.01. The van der Waals surface area contributed by atoms with Crippen molar-refractivity contribution in [1.29, 1.82) is 0 Å². The first-order valence-corrected chi connectivity index (χ1v) is 5.21. The third kappa shape index (κ3) is 2.12. The third-order valence-corrected chi connectivity index (χ3v) is 3.28. The maximum absolute atomic E-state index is 2.45. The van der Waals surface area contributed by atoms with E-state index in [1.54, 1.807) is 0 Å². The molecular formula is C12H22. The summed E-state index contributed by atoms with van der Waals surface area (Å²) in [7, 11) is 0. The lowest BCUT2D eigenvalue weighted by Gasteiger charge is -2.38. The summed E-state index contributed by atoms with van der Waals surface area (Å²) in [4.78, 5) is 0. The minimum absolute atomic E-state index is 0.572. The Bertz CT molecular complexity index is 167. The first kappa shape index (κ1) is 9.83. The Morgan fingerprint density at radius 3 is 2.67 bits per heavy atom. The van der Waals surface area contributed by atoms with Crippen molar-refractivity contribution in [2.24, 2.45) is 17.3 Å². The Morgan fingerprint density at radius 1 is 1.50 bits per heavy atom. The quantitative estimate of drug-likeness (QED) is 0.543. The van der Waals surface area contributed by atoms with Gasteiger partial charge in [0.25, 0.3) is 0 Å². The Hall–Kier alpha value is -0.260. The highest BCUT2D eigenvalue weighted by Crippen LogP contribution is 2.42. The largest absolute Gasteiger partial charge is 0.0882 e. The van der Waals surface area contributed by atoms with Crippen LogP contribution in [0.25, 0.3) is 0 Å². The molecule has 1 aliphatic carbocycles. The lowest BCUT2D eigenvalue weighted by atomic mass is 9.67. The van der Waals surface area contributed by atoms with Gasteiger partial charge in [0, 0.05) is 0 Å². The van der Waals surface area contributed by atoms with Gasteiger partial charge in [-0.1, -0.05) is 39.8 Å². The van der Waals surface area contributed by atoms with Crippen LogP contribution < -0.4 is 0 Å². The molecule has 1 rings (SSSR count). The van der Waals surface area contributed by atoms with E-state index in [0.29, 0.717) is 5.41 Å². The standard InChI is InChI=1S/C12H22/c1-10(2)9-12(4)8-6-5-7-11(12)3/h5,7,10-11H,6,8-9H2,1-4H3. The molecule has 0 aromatic rings. The Labute approximate surface area is 77.1 Å². The molecule has 0 N–H and O–H groups in total. The van der Waals surface area contributed by atoms with Crippen LogP contribution in [-0.2, 0) is 0 Å². The predicted octanol–water partition coefficient (Wildman–Crippen LogP) is 4.02. The minimum Gasteiger partial charge on any atom is -0.0882 e. The minimum atomic E-state index is 0.572. The van der Waals surface area contributed by atoms with Crippen LogP contribution in [0.3, 0.4) is 0 Å². The summed E-state index contributed by atoms with van der Waals surface area (Å²) >= 11 is 0. The fraction of sp³-hybridized carbons (Fsp3) is 0.833.